The first-order valence-corrected chi connectivity index (χ1v) is 31.4. The minimum atomic E-state index is -4.27. The summed E-state index contributed by atoms with van der Waals surface area (Å²) in [5, 5.41) is 0. The van der Waals surface area contributed by atoms with E-state index in [0.717, 1.165) is 0 Å². The maximum atomic E-state index is 7.83. The molecular weight excluding hydrogens is 488 g/mol. The van der Waals surface area contributed by atoms with Crippen molar-refractivity contribution in [1.82, 2.24) is 0 Å². The molecule has 0 nitrogen and oxygen atoms in total. The summed E-state index contributed by atoms with van der Waals surface area (Å²) in [6.07, 6.45) is 6.50. The monoisotopic (exact) mass is 519 g/mol. The summed E-state index contributed by atoms with van der Waals surface area (Å²) < 4.78 is -2.45. The number of rotatable bonds is 6. The third-order valence-corrected chi connectivity index (χ3v) is 126. The van der Waals surface area contributed by atoms with Crippen LogP contribution >= 0.6 is 26.1 Å². The number of halogens is 2. The summed E-state index contributed by atoms with van der Waals surface area (Å²) in [5.74, 6) is 0. The Morgan fingerprint density at radius 2 is 1.19 bits per heavy atom. The molecule has 0 bridgehead atoms. The van der Waals surface area contributed by atoms with Crippen LogP contribution in [0.15, 0.2) is 72.8 Å². The maximum absolute atomic E-state index is 7.83. The van der Waals surface area contributed by atoms with Gasteiger partial charge in [-0.2, -0.15) is 0 Å². The number of hydrogen-bond acceptors (Lipinski definition) is 0. The summed E-state index contributed by atoms with van der Waals surface area (Å²) in [4.78, 5) is 0. The Balaban J connectivity index is 2.73. The summed E-state index contributed by atoms with van der Waals surface area (Å²) in [7, 11) is 15.7. The molecule has 0 heterocycles. The predicted octanol–water partition coefficient (Wildman–Crippen LogP) is 7.85. The first-order valence-electron chi connectivity index (χ1n) is 9.44. The van der Waals surface area contributed by atoms with E-state index >= 15 is 0 Å². The van der Waals surface area contributed by atoms with Gasteiger partial charge in [-0.15, -0.1) is 0 Å². The van der Waals surface area contributed by atoms with Crippen LogP contribution in [-0.2, 0) is 15.2 Å². The molecule has 0 aliphatic carbocycles. The van der Waals surface area contributed by atoms with Crippen molar-refractivity contribution in [2.45, 2.75) is 0 Å². The van der Waals surface area contributed by atoms with Gasteiger partial charge < -0.3 is 0 Å². The van der Waals surface area contributed by atoms with E-state index in [9.17, 15) is 0 Å². The van der Waals surface area contributed by atoms with Crippen LogP contribution in [0.3, 0.4) is 0 Å². The van der Waals surface area contributed by atoms with Gasteiger partial charge in [-0.05, 0) is 0 Å². The summed E-state index contributed by atoms with van der Waals surface area (Å²) >= 11 is -4.27. The second kappa shape index (κ2) is 8.54. The predicted molar refractivity (Wildman–Crippen MR) is 134 cm³/mol. The molecule has 0 aliphatic heterocycles. The van der Waals surface area contributed by atoms with Crippen LogP contribution in [0, 0.1) is 0 Å². The minimum absolute atomic E-state index is 1.18. The van der Waals surface area contributed by atoms with Crippen LogP contribution in [0.5, 0.6) is 0 Å². The number of hydrogen-bond donors (Lipinski definition) is 0. The third-order valence-electron chi connectivity index (χ3n) is 5.54. The molecule has 0 unspecified atom stereocenters. The molecule has 0 radical (unpaired) electrons. The van der Waals surface area contributed by atoms with Crippen LogP contribution in [0.1, 0.15) is 11.1 Å². The normalized spacial score (nSPS) is 16.7. The van der Waals surface area contributed by atoms with Gasteiger partial charge in [0.2, 0.25) is 0 Å². The van der Waals surface area contributed by atoms with Gasteiger partial charge in [0.05, 0.1) is 0 Å². The fourth-order valence-corrected chi connectivity index (χ4v) is 83.5. The SMILES string of the molecule is C[PH](C)(C)[Zr]([Cl])([Cl])([C](=CC=Cc1ccccc1)c1ccccc1)[PH](C)(C)C. The number of benzene rings is 2. The Bertz CT molecular complexity index is 812. The second-order valence-corrected chi connectivity index (χ2v) is 79.0. The van der Waals surface area contributed by atoms with Gasteiger partial charge in [0.1, 0.15) is 0 Å². The number of allylic oxidation sites excluding steroid dienone is 2. The van der Waals surface area contributed by atoms with Gasteiger partial charge in [0.25, 0.3) is 0 Å². The molecule has 0 saturated heterocycles. The molecule has 27 heavy (non-hydrogen) atoms. The summed E-state index contributed by atoms with van der Waals surface area (Å²) in [6, 6.07) is 20.9. The molecule has 0 fully saturated rings. The average Bonchev–Trinajstić information content (AvgIpc) is 2.58. The Morgan fingerprint density at radius 3 is 1.63 bits per heavy atom. The van der Waals surface area contributed by atoms with Crippen molar-refractivity contribution >= 4 is 35.5 Å². The molecule has 0 aromatic heterocycles. The van der Waals surface area contributed by atoms with E-state index in [1.54, 1.807) is 0 Å². The van der Waals surface area contributed by atoms with Crippen LogP contribution in [-0.4, -0.2) is 40.0 Å². The zero-order valence-corrected chi connectivity index (χ0v) is 23.2. The Hall–Kier alpha value is 0.243. The van der Waals surface area contributed by atoms with E-state index in [1.165, 1.54) is 14.4 Å². The summed E-state index contributed by atoms with van der Waals surface area (Å²) in [6.45, 7) is 14.2. The molecule has 2 rings (SSSR count). The van der Waals surface area contributed by atoms with E-state index in [2.05, 4.69) is 113 Å². The van der Waals surface area contributed by atoms with Crippen molar-refractivity contribution in [2.24, 2.45) is 0 Å². The van der Waals surface area contributed by atoms with Crippen molar-refractivity contribution in [2.75, 3.05) is 40.0 Å². The van der Waals surface area contributed by atoms with E-state index in [4.69, 9.17) is 17.0 Å². The zero-order valence-electron chi connectivity index (χ0n) is 17.3. The van der Waals surface area contributed by atoms with E-state index in [1.807, 2.05) is 6.07 Å². The van der Waals surface area contributed by atoms with Crippen LogP contribution in [0.4, 0.5) is 0 Å². The zero-order chi connectivity index (χ0) is 20.4. The van der Waals surface area contributed by atoms with E-state index in [-0.39, 0.29) is 0 Å². The molecule has 0 aliphatic rings. The van der Waals surface area contributed by atoms with Crippen LogP contribution < -0.4 is 0 Å². The second-order valence-electron chi connectivity index (χ2n) is 9.23. The molecule has 0 atom stereocenters. The Morgan fingerprint density at radius 1 is 0.741 bits per heavy atom. The van der Waals surface area contributed by atoms with Gasteiger partial charge in [0, 0.05) is 0 Å². The summed E-state index contributed by atoms with van der Waals surface area (Å²) in [5.41, 5.74) is 2.37. The molecule has 0 amide bonds. The van der Waals surface area contributed by atoms with Gasteiger partial charge in [-0.1, -0.05) is 0 Å². The van der Waals surface area contributed by atoms with E-state index in [0.29, 0.717) is 0 Å². The van der Waals surface area contributed by atoms with Crippen molar-refractivity contribution < 1.29 is 15.2 Å². The van der Waals surface area contributed by atoms with Gasteiger partial charge in [-0.3, -0.25) is 0 Å². The third kappa shape index (κ3) is 4.55. The average molecular weight is 522 g/mol. The quantitative estimate of drug-likeness (QED) is 0.268. The van der Waals surface area contributed by atoms with Crippen molar-refractivity contribution in [1.29, 1.82) is 0 Å². The molecule has 2 aromatic carbocycles. The first kappa shape index (κ1) is 23.5. The molecule has 0 spiro atoms. The van der Waals surface area contributed by atoms with Gasteiger partial charge in [0.15, 0.2) is 0 Å². The topological polar surface area (TPSA) is 0 Å². The fourth-order valence-electron chi connectivity index (χ4n) is 3.87. The van der Waals surface area contributed by atoms with Crippen LogP contribution in [0.2, 0.25) is 0 Å². The van der Waals surface area contributed by atoms with Crippen molar-refractivity contribution in [3.63, 3.8) is 0 Å². The molecule has 5 heteroatoms. The van der Waals surface area contributed by atoms with Gasteiger partial charge in [-0.25, -0.2) is 0 Å². The standard InChI is InChI=1S/C16H13.2C3H9P.2ClH.Zr/c1-3-9-15(10-4-1)13-7-8-14-16-11-5-2-6-12-16;2*1-4(2)3;;;/h1-13H;2*1-3H3;2*1H;. The molecular formula is C22H33Cl2P2Zr. The fraction of sp³-hybridized carbons (Fsp3) is 0.273. The Labute approximate surface area is 173 Å². The Kier molecular flexibility index (Phi) is 7.44. The van der Waals surface area contributed by atoms with E-state index < -0.39 is 24.3 Å². The first-order chi connectivity index (χ1) is 12.4. The molecule has 149 valence electrons. The molecule has 0 N–H and O–H groups in total. The van der Waals surface area contributed by atoms with Crippen LogP contribution in [0.25, 0.3) is 9.36 Å². The van der Waals surface area contributed by atoms with Gasteiger partial charge >= 0.3 is 175 Å². The van der Waals surface area contributed by atoms with Crippen molar-refractivity contribution in [3.05, 3.63) is 83.9 Å². The molecule has 2 aromatic rings. The molecule has 0 saturated carbocycles. The van der Waals surface area contributed by atoms with Crippen molar-refractivity contribution in [3.8, 4) is 0 Å².